The lowest BCUT2D eigenvalue weighted by molar-refractivity contribution is -0.0498. The summed E-state index contributed by atoms with van der Waals surface area (Å²) >= 11 is 23.7. The average Bonchev–Trinajstić information content (AvgIpc) is 2.32. The van der Waals surface area contributed by atoms with E-state index in [4.69, 9.17) is 46.4 Å². The predicted octanol–water partition coefficient (Wildman–Crippen LogP) is 6.57. The van der Waals surface area contributed by atoms with E-state index in [0.29, 0.717) is 26.2 Å². The molecule has 2 rings (SSSR count). The maximum Gasteiger partial charge on any atom is 0.387 e. The van der Waals surface area contributed by atoms with Gasteiger partial charge in [-0.2, -0.15) is 8.78 Å². The van der Waals surface area contributed by atoms with Gasteiger partial charge in [-0.15, -0.1) is 0 Å². The van der Waals surface area contributed by atoms with Crippen molar-refractivity contribution in [1.82, 2.24) is 0 Å². The van der Waals surface area contributed by atoms with E-state index in [1.807, 2.05) is 0 Å². The maximum absolute atomic E-state index is 12.3. The van der Waals surface area contributed by atoms with Crippen molar-refractivity contribution in [3.8, 4) is 16.9 Å². The Morgan fingerprint density at radius 2 is 1.45 bits per heavy atom. The monoisotopic (exact) mass is 356 g/mol. The number of hydrogen-bond acceptors (Lipinski definition) is 1. The van der Waals surface area contributed by atoms with Gasteiger partial charge in [-0.3, -0.25) is 0 Å². The number of ether oxygens (including phenoxy) is 1. The van der Waals surface area contributed by atoms with Crippen molar-refractivity contribution >= 4 is 46.4 Å². The molecule has 0 unspecified atom stereocenters. The normalized spacial score (nSPS) is 10.9. The summed E-state index contributed by atoms with van der Waals surface area (Å²) in [4.78, 5) is 0. The Morgan fingerprint density at radius 1 is 0.800 bits per heavy atom. The highest BCUT2D eigenvalue weighted by Gasteiger charge is 2.12. The van der Waals surface area contributed by atoms with Crippen LogP contribution in [-0.2, 0) is 0 Å². The molecule has 0 aliphatic rings. The first-order chi connectivity index (χ1) is 9.36. The molecule has 0 saturated heterocycles. The molecule has 0 atom stereocenters. The Hall–Kier alpha value is -0.740. The van der Waals surface area contributed by atoms with Crippen molar-refractivity contribution < 1.29 is 13.5 Å². The molecule has 20 heavy (non-hydrogen) atoms. The van der Waals surface area contributed by atoms with Crippen LogP contribution in [-0.4, -0.2) is 6.61 Å². The van der Waals surface area contributed by atoms with Crippen molar-refractivity contribution in [2.24, 2.45) is 0 Å². The lowest BCUT2D eigenvalue weighted by Crippen LogP contribution is -2.01. The molecule has 1 nitrogen and oxygen atoms in total. The van der Waals surface area contributed by atoms with Crippen molar-refractivity contribution in [1.29, 1.82) is 0 Å². The summed E-state index contributed by atoms with van der Waals surface area (Å²) in [6.07, 6.45) is 0. The van der Waals surface area contributed by atoms with Crippen LogP contribution < -0.4 is 4.74 Å². The molecule has 106 valence electrons. The molecule has 0 aliphatic carbocycles. The summed E-state index contributed by atoms with van der Waals surface area (Å²) in [5, 5.41) is 1.15. The maximum atomic E-state index is 12.3. The Kier molecular flexibility index (Phi) is 4.97. The second-order valence-corrected chi connectivity index (χ2v) is 5.46. The van der Waals surface area contributed by atoms with E-state index < -0.39 is 6.61 Å². The average molecular weight is 358 g/mol. The summed E-state index contributed by atoms with van der Waals surface area (Å²) in [5.41, 5.74) is 1.01. The third-order valence-electron chi connectivity index (χ3n) is 2.42. The second kappa shape index (κ2) is 6.35. The van der Waals surface area contributed by atoms with E-state index in [2.05, 4.69) is 4.74 Å². The highest BCUT2D eigenvalue weighted by molar-refractivity contribution is 6.44. The lowest BCUT2D eigenvalue weighted by atomic mass is 10.1. The molecule has 0 saturated carbocycles. The molecule has 0 heterocycles. The number of alkyl halides is 2. The molecular weight excluding hydrogens is 352 g/mol. The predicted molar refractivity (Wildman–Crippen MR) is 78.6 cm³/mol. The minimum Gasteiger partial charge on any atom is -0.435 e. The first-order valence-electron chi connectivity index (χ1n) is 5.27. The van der Waals surface area contributed by atoms with E-state index in [9.17, 15) is 8.78 Å². The smallest absolute Gasteiger partial charge is 0.387 e. The first-order valence-corrected chi connectivity index (χ1v) is 6.78. The van der Waals surface area contributed by atoms with Crippen molar-refractivity contribution in [3.63, 3.8) is 0 Å². The molecular formula is C13H6Cl4F2O. The minimum atomic E-state index is -2.94. The summed E-state index contributed by atoms with van der Waals surface area (Å²) in [6, 6.07) is 7.23. The molecule has 0 radical (unpaired) electrons. The van der Waals surface area contributed by atoms with Crippen LogP contribution in [0.15, 0.2) is 30.3 Å². The Morgan fingerprint density at radius 3 is 2.10 bits per heavy atom. The van der Waals surface area contributed by atoms with Gasteiger partial charge in [0.05, 0.1) is 10.0 Å². The van der Waals surface area contributed by atoms with Crippen LogP contribution in [0.3, 0.4) is 0 Å². The number of benzene rings is 2. The van der Waals surface area contributed by atoms with Gasteiger partial charge >= 0.3 is 6.61 Å². The van der Waals surface area contributed by atoms with Crippen molar-refractivity contribution in [3.05, 3.63) is 50.4 Å². The van der Waals surface area contributed by atoms with Gasteiger partial charge in [-0.05, 0) is 35.9 Å². The highest BCUT2D eigenvalue weighted by Crippen LogP contribution is 2.37. The van der Waals surface area contributed by atoms with E-state index in [1.54, 1.807) is 6.07 Å². The Bertz CT molecular complexity index is 647. The standard InChI is InChI=1S/C13H6Cl4F2O/c14-7-1-6(2-8(3-7)20-13(18)19)9-4-11(16)12(17)5-10(9)15/h1-5,13H. The van der Waals surface area contributed by atoms with Crippen LogP contribution in [0.1, 0.15) is 0 Å². The van der Waals surface area contributed by atoms with E-state index in [0.717, 1.165) is 0 Å². The second-order valence-electron chi connectivity index (χ2n) is 3.80. The lowest BCUT2D eigenvalue weighted by Gasteiger charge is -2.10. The zero-order chi connectivity index (χ0) is 14.9. The van der Waals surface area contributed by atoms with Gasteiger partial charge in [-0.1, -0.05) is 46.4 Å². The highest BCUT2D eigenvalue weighted by atomic mass is 35.5. The van der Waals surface area contributed by atoms with Gasteiger partial charge in [0, 0.05) is 15.6 Å². The van der Waals surface area contributed by atoms with E-state index in [-0.39, 0.29) is 10.8 Å². The molecule has 0 fully saturated rings. The van der Waals surface area contributed by atoms with Crippen LogP contribution in [0.5, 0.6) is 5.75 Å². The zero-order valence-electron chi connectivity index (χ0n) is 9.64. The molecule has 0 bridgehead atoms. The Labute approximate surface area is 134 Å². The topological polar surface area (TPSA) is 9.23 Å². The third-order valence-corrected chi connectivity index (χ3v) is 3.67. The summed E-state index contributed by atoms with van der Waals surface area (Å²) in [7, 11) is 0. The zero-order valence-corrected chi connectivity index (χ0v) is 12.7. The fraction of sp³-hybridized carbons (Fsp3) is 0.0769. The number of hydrogen-bond donors (Lipinski definition) is 0. The fourth-order valence-electron chi connectivity index (χ4n) is 1.63. The van der Waals surface area contributed by atoms with Crippen LogP contribution >= 0.6 is 46.4 Å². The number of rotatable bonds is 3. The van der Waals surface area contributed by atoms with Gasteiger partial charge in [0.25, 0.3) is 0 Å². The summed E-state index contributed by atoms with van der Waals surface area (Å²) < 4.78 is 28.8. The molecule has 2 aromatic carbocycles. The minimum absolute atomic E-state index is 0.0651. The van der Waals surface area contributed by atoms with Crippen LogP contribution in [0.4, 0.5) is 8.78 Å². The van der Waals surface area contributed by atoms with Crippen LogP contribution in [0.2, 0.25) is 20.1 Å². The quantitative estimate of drug-likeness (QED) is 0.564. The van der Waals surface area contributed by atoms with Crippen LogP contribution in [0, 0.1) is 0 Å². The molecule has 0 N–H and O–H groups in total. The van der Waals surface area contributed by atoms with Gasteiger partial charge < -0.3 is 4.74 Å². The van der Waals surface area contributed by atoms with Crippen LogP contribution in [0.25, 0.3) is 11.1 Å². The van der Waals surface area contributed by atoms with E-state index in [1.165, 1.54) is 24.3 Å². The van der Waals surface area contributed by atoms with Gasteiger partial charge in [0.1, 0.15) is 5.75 Å². The molecule has 0 aromatic heterocycles. The SMILES string of the molecule is FC(F)Oc1cc(Cl)cc(-c2cc(Cl)c(Cl)cc2Cl)c1. The van der Waals surface area contributed by atoms with Crippen molar-refractivity contribution in [2.75, 3.05) is 0 Å². The fourth-order valence-corrected chi connectivity index (χ4v) is 2.51. The largest absolute Gasteiger partial charge is 0.435 e. The molecule has 7 heteroatoms. The molecule has 0 aliphatic heterocycles. The van der Waals surface area contributed by atoms with Crippen molar-refractivity contribution in [2.45, 2.75) is 6.61 Å². The molecule has 2 aromatic rings. The molecule has 0 amide bonds. The first kappa shape index (κ1) is 15.6. The molecule has 0 spiro atoms. The van der Waals surface area contributed by atoms with E-state index >= 15 is 0 Å². The third kappa shape index (κ3) is 3.67. The summed E-state index contributed by atoms with van der Waals surface area (Å²) in [5.74, 6) is -0.0651. The summed E-state index contributed by atoms with van der Waals surface area (Å²) in [6.45, 7) is -2.94. The van der Waals surface area contributed by atoms with Gasteiger partial charge in [-0.25, -0.2) is 0 Å². The van der Waals surface area contributed by atoms with Gasteiger partial charge in [0.15, 0.2) is 0 Å². The van der Waals surface area contributed by atoms with Gasteiger partial charge in [0.2, 0.25) is 0 Å². The Balaban J connectivity index is 2.52. The number of halogens is 6.